The number of amides is 1. The molecule has 1 aliphatic heterocycles. The molecule has 1 saturated heterocycles. The van der Waals surface area contributed by atoms with E-state index in [4.69, 9.17) is 21.7 Å². The average molecular weight is 493 g/mol. The Balaban J connectivity index is 1.55. The van der Waals surface area contributed by atoms with Gasteiger partial charge in [0.05, 0.1) is 28.2 Å². The first-order valence-electron chi connectivity index (χ1n) is 10.3. The Labute approximate surface area is 206 Å². The summed E-state index contributed by atoms with van der Waals surface area (Å²) in [4.78, 5) is 25.9. The summed E-state index contributed by atoms with van der Waals surface area (Å²) < 4.78 is 11.7. The van der Waals surface area contributed by atoms with Crippen molar-refractivity contribution in [2.24, 2.45) is 0 Å². The normalized spacial score (nSPS) is 14.5. The lowest BCUT2D eigenvalue weighted by molar-refractivity contribution is -0.385. The van der Waals surface area contributed by atoms with Crippen molar-refractivity contribution in [3.63, 3.8) is 0 Å². The molecule has 0 atom stereocenters. The van der Waals surface area contributed by atoms with Gasteiger partial charge in [-0.25, -0.2) is 0 Å². The zero-order chi connectivity index (χ0) is 24.2. The van der Waals surface area contributed by atoms with Crippen molar-refractivity contribution in [1.29, 1.82) is 0 Å². The Bertz CT molecular complexity index is 1320. The molecule has 9 heteroatoms. The fourth-order valence-electron chi connectivity index (χ4n) is 3.50. The minimum Gasteiger partial charge on any atom is -0.493 e. The summed E-state index contributed by atoms with van der Waals surface area (Å²) in [5.74, 6) is 0.701. The zero-order valence-electron chi connectivity index (χ0n) is 18.4. The Hall–Kier alpha value is -3.69. The summed E-state index contributed by atoms with van der Waals surface area (Å²) in [5.41, 5.74) is 2.92. The van der Waals surface area contributed by atoms with Crippen LogP contribution in [0.5, 0.6) is 11.5 Å². The largest absolute Gasteiger partial charge is 0.493 e. The van der Waals surface area contributed by atoms with Gasteiger partial charge in [-0.1, -0.05) is 60.4 Å². The second kappa shape index (κ2) is 10.1. The molecule has 0 saturated carbocycles. The van der Waals surface area contributed by atoms with E-state index < -0.39 is 4.92 Å². The Morgan fingerprint density at radius 2 is 1.82 bits per heavy atom. The number of anilines is 1. The van der Waals surface area contributed by atoms with Gasteiger partial charge < -0.3 is 9.47 Å². The minimum absolute atomic E-state index is 0.00577. The van der Waals surface area contributed by atoms with Gasteiger partial charge >= 0.3 is 0 Å². The first-order chi connectivity index (χ1) is 16.4. The molecule has 0 bridgehead atoms. The van der Waals surface area contributed by atoms with E-state index in [1.807, 2.05) is 31.2 Å². The minimum atomic E-state index is -0.438. The molecule has 0 aromatic heterocycles. The van der Waals surface area contributed by atoms with Gasteiger partial charge in [-0.3, -0.25) is 19.8 Å². The molecule has 3 aromatic carbocycles. The van der Waals surface area contributed by atoms with E-state index in [9.17, 15) is 14.9 Å². The van der Waals surface area contributed by atoms with Crippen molar-refractivity contribution in [3.05, 3.63) is 98.4 Å². The second-order valence-electron chi connectivity index (χ2n) is 7.39. The summed E-state index contributed by atoms with van der Waals surface area (Å²) in [6, 6.07) is 19.3. The number of carbonyl (C=O) groups excluding carboxylic acids is 1. The van der Waals surface area contributed by atoms with E-state index in [0.717, 1.165) is 16.8 Å². The number of hydrogen-bond acceptors (Lipinski definition) is 7. The number of rotatable bonds is 7. The quantitative estimate of drug-likeness (QED) is 0.176. The van der Waals surface area contributed by atoms with Gasteiger partial charge in [0, 0.05) is 6.07 Å². The summed E-state index contributed by atoms with van der Waals surface area (Å²) in [6.45, 7) is 1.95. The number of methoxy groups -OCH3 is 1. The number of nitrogens with zero attached hydrogens (tertiary/aromatic N) is 2. The molecule has 0 spiro atoms. The van der Waals surface area contributed by atoms with Crippen LogP contribution in [0.15, 0.2) is 71.6 Å². The highest BCUT2D eigenvalue weighted by molar-refractivity contribution is 8.27. The lowest BCUT2D eigenvalue weighted by Crippen LogP contribution is -2.28. The van der Waals surface area contributed by atoms with Crippen LogP contribution < -0.4 is 14.4 Å². The lowest BCUT2D eigenvalue weighted by Gasteiger charge is -2.16. The molecule has 4 rings (SSSR count). The maximum atomic E-state index is 13.1. The van der Waals surface area contributed by atoms with Crippen LogP contribution in [0.3, 0.4) is 0 Å². The first-order valence-corrected chi connectivity index (χ1v) is 11.5. The molecule has 172 valence electrons. The molecule has 3 aromatic rings. The highest BCUT2D eigenvalue weighted by Gasteiger charge is 2.34. The van der Waals surface area contributed by atoms with Crippen molar-refractivity contribution >= 4 is 51.7 Å². The van der Waals surface area contributed by atoms with Crippen molar-refractivity contribution in [3.8, 4) is 11.5 Å². The van der Waals surface area contributed by atoms with Crippen LogP contribution in [0.1, 0.15) is 16.7 Å². The number of benzene rings is 3. The molecule has 1 fully saturated rings. The Kier molecular flexibility index (Phi) is 6.95. The molecular weight excluding hydrogens is 472 g/mol. The van der Waals surface area contributed by atoms with Gasteiger partial charge in [0.15, 0.2) is 15.8 Å². The molecule has 34 heavy (non-hydrogen) atoms. The third-order valence-electron chi connectivity index (χ3n) is 5.21. The summed E-state index contributed by atoms with van der Waals surface area (Å²) in [5, 5.41) is 11.2. The standard InChI is InChI=1S/C25H20N2O5S2/c1-16-7-3-5-9-19(16)26-24(28)23(34-25(26)33)14-17-11-12-21(22(13-17)31-2)32-15-18-8-4-6-10-20(18)27(29)30/h3-14H,15H2,1-2H3. The van der Waals surface area contributed by atoms with Gasteiger partial charge in [-0.05, 0) is 48.4 Å². The molecule has 1 amide bonds. The van der Waals surface area contributed by atoms with Crippen molar-refractivity contribution in [2.45, 2.75) is 13.5 Å². The number of thioether (sulfide) groups is 1. The summed E-state index contributed by atoms with van der Waals surface area (Å²) >= 11 is 6.71. The molecule has 1 heterocycles. The van der Waals surface area contributed by atoms with Gasteiger partial charge in [0.2, 0.25) is 0 Å². The number of aryl methyl sites for hydroxylation is 1. The molecule has 1 aliphatic rings. The van der Waals surface area contributed by atoms with Crippen molar-refractivity contribution < 1.29 is 19.2 Å². The van der Waals surface area contributed by atoms with Crippen LogP contribution in [-0.2, 0) is 11.4 Å². The topological polar surface area (TPSA) is 81.9 Å². The fourth-order valence-corrected chi connectivity index (χ4v) is 4.79. The van der Waals surface area contributed by atoms with Crippen LogP contribution in [0, 0.1) is 17.0 Å². The monoisotopic (exact) mass is 492 g/mol. The van der Waals surface area contributed by atoms with E-state index in [1.54, 1.807) is 47.4 Å². The number of ether oxygens (including phenoxy) is 2. The molecule has 0 radical (unpaired) electrons. The molecule has 0 N–H and O–H groups in total. The zero-order valence-corrected chi connectivity index (χ0v) is 20.0. The smallest absolute Gasteiger partial charge is 0.276 e. The number of nitro benzene ring substituents is 1. The van der Waals surface area contributed by atoms with Crippen molar-refractivity contribution in [1.82, 2.24) is 0 Å². The van der Waals surface area contributed by atoms with E-state index in [2.05, 4.69) is 0 Å². The number of para-hydroxylation sites is 2. The number of carbonyl (C=O) groups is 1. The van der Waals surface area contributed by atoms with Crippen LogP contribution in [0.25, 0.3) is 6.08 Å². The van der Waals surface area contributed by atoms with Gasteiger partial charge in [0.1, 0.15) is 6.61 Å². The van der Waals surface area contributed by atoms with E-state index in [-0.39, 0.29) is 18.2 Å². The summed E-state index contributed by atoms with van der Waals surface area (Å²) in [7, 11) is 1.51. The average Bonchev–Trinajstić information content (AvgIpc) is 3.11. The predicted octanol–water partition coefficient (Wildman–Crippen LogP) is 5.90. The number of hydrogen-bond donors (Lipinski definition) is 0. The molecule has 7 nitrogen and oxygen atoms in total. The Morgan fingerprint density at radius 1 is 1.09 bits per heavy atom. The number of thiocarbonyl (C=S) groups is 1. The van der Waals surface area contributed by atoms with Gasteiger partial charge in [-0.2, -0.15) is 0 Å². The number of nitro groups is 1. The molecule has 0 unspecified atom stereocenters. The Morgan fingerprint density at radius 3 is 2.56 bits per heavy atom. The fraction of sp³-hybridized carbons (Fsp3) is 0.120. The van der Waals surface area contributed by atoms with Crippen LogP contribution in [-0.4, -0.2) is 22.3 Å². The highest BCUT2D eigenvalue weighted by atomic mass is 32.2. The van der Waals surface area contributed by atoms with E-state index in [1.165, 1.54) is 24.9 Å². The van der Waals surface area contributed by atoms with Crippen LogP contribution >= 0.6 is 24.0 Å². The summed E-state index contributed by atoms with van der Waals surface area (Å²) in [6.07, 6.45) is 1.76. The van der Waals surface area contributed by atoms with Crippen LogP contribution in [0.2, 0.25) is 0 Å². The second-order valence-corrected chi connectivity index (χ2v) is 9.06. The van der Waals surface area contributed by atoms with Crippen molar-refractivity contribution in [2.75, 3.05) is 12.0 Å². The van der Waals surface area contributed by atoms with E-state index >= 15 is 0 Å². The third-order valence-corrected chi connectivity index (χ3v) is 6.51. The lowest BCUT2D eigenvalue weighted by atomic mass is 10.1. The maximum absolute atomic E-state index is 13.1. The third kappa shape index (κ3) is 4.80. The highest BCUT2D eigenvalue weighted by Crippen LogP contribution is 2.38. The first kappa shape index (κ1) is 23.5. The molecular formula is C25H20N2O5S2. The van der Waals surface area contributed by atoms with Gasteiger partial charge in [0.25, 0.3) is 11.6 Å². The predicted molar refractivity (Wildman–Crippen MR) is 137 cm³/mol. The maximum Gasteiger partial charge on any atom is 0.276 e. The van der Waals surface area contributed by atoms with E-state index in [0.29, 0.717) is 26.3 Å². The van der Waals surface area contributed by atoms with Crippen LogP contribution in [0.4, 0.5) is 11.4 Å². The SMILES string of the molecule is COc1cc(C=C2SC(=S)N(c3ccccc3C)C2=O)ccc1OCc1ccccc1[N+](=O)[O-]. The van der Waals surface area contributed by atoms with Gasteiger partial charge in [-0.15, -0.1) is 0 Å². The molecule has 0 aliphatic carbocycles.